The van der Waals surface area contributed by atoms with Gasteiger partial charge in [0.2, 0.25) is 0 Å². The lowest BCUT2D eigenvalue weighted by atomic mass is 10.1. The molecule has 0 bridgehead atoms. The fourth-order valence-corrected chi connectivity index (χ4v) is 4.95. The number of carbonyl (C=O) groups is 1. The number of amides is 1. The normalized spacial score (nSPS) is 15.0. The molecule has 1 saturated heterocycles. The van der Waals surface area contributed by atoms with Crippen LogP contribution in [-0.4, -0.2) is 50.4 Å². The summed E-state index contributed by atoms with van der Waals surface area (Å²) >= 11 is 0. The van der Waals surface area contributed by atoms with Gasteiger partial charge in [0.1, 0.15) is 4.90 Å². The van der Waals surface area contributed by atoms with Crippen molar-refractivity contribution in [2.45, 2.75) is 18.2 Å². The second-order valence-corrected chi connectivity index (χ2v) is 9.01. The maximum atomic E-state index is 13.0. The molecule has 0 saturated carbocycles. The van der Waals surface area contributed by atoms with Crippen molar-refractivity contribution >= 4 is 32.5 Å². The smallest absolute Gasteiger partial charge is 0.264 e. The Morgan fingerprint density at radius 2 is 1.93 bits per heavy atom. The fraction of sp³-hybridized carbons (Fsp3) is 0.273. The van der Waals surface area contributed by atoms with Crippen LogP contribution in [0.4, 0.5) is 5.69 Å². The largest absolute Gasteiger partial charge is 0.337 e. The van der Waals surface area contributed by atoms with Crippen molar-refractivity contribution < 1.29 is 13.2 Å². The standard InChI is InChI=1S/C22H24N4O3S/c1-16-15-18(22(27)26-13-4-10-23-12-14-26)8-9-19(16)25-30(28,29)20-7-2-5-17-6-3-11-24-21(17)20/h2-3,5-9,11,15,23,25H,4,10,12-14H2,1H3. The van der Waals surface area contributed by atoms with Crippen LogP contribution < -0.4 is 10.0 Å². The summed E-state index contributed by atoms with van der Waals surface area (Å²) in [5.41, 5.74) is 2.11. The summed E-state index contributed by atoms with van der Waals surface area (Å²) in [5, 5.41) is 4.04. The van der Waals surface area contributed by atoms with E-state index in [0.717, 1.165) is 24.9 Å². The van der Waals surface area contributed by atoms with Gasteiger partial charge < -0.3 is 10.2 Å². The predicted molar refractivity (Wildman–Crippen MR) is 117 cm³/mol. The number of rotatable bonds is 4. The highest BCUT2D eigenvalue weighted by molar-refractivity contribution is 7.93. The van der Waals surface area contributed by atoms with Crippen LogP contribution in [0.1, 0.15) is 22.3 Å². The predicted octanol–water partition coefficient (Wildman–Crippen LogP) is 2.78. The van der Waals surface area contributed by atoms with Crippen molar-refractivity contribution in [3.63, 3.8) is 0 Å². The van der Waals surface area contributed by atoms with Gasteiger partial charge in [-0.15, -0.1) is 0 Å². The van der Waals surface area contributed by atoms with Gasteiger partial charge in [0.15, 0.2) is 0 Å². The van der Waals surface area contributed by atoms with Crippen LogP contribution in [-0.2, 0) is 10.0 Å². The molecule has 8 heteroatoms. The molecule has 2 heterocycles. The number of aromatic nitrogens is 1. The average molecular weight is 425 g/mol. The summed E-state index contributed by atoms with van der Waals surface area (Å²) in [4.78, 5) is 19.0. The van der Waals surface area contributed by atoms with Crippen molar-refractivity contribution in [1.82, 2.24) is 15.2 Å². The van der Waals surface area contributed by atoms with Gasteiger partial charge in [-0.3, -0.25) is 14.5 Å². The summed E-state index contributed by atoms with van der Waals surface area (Å²) in [6.45, 7) is 4.86. The number of pyridine rings is 1. The summed E-state index contributed by atoms with van der Waals surface area (Å²) in [7, 11) is -3.84. The first kappa shape index (κ1) is 20.3. The number of hydrogen-bond acceptors (Lipinski definition) is 5. The molecule has 1 aliphatic rings. The summed E-state index contributed by atoms with van der Waals surface area (Å²) in [5.74, 6) is -0.0329. The van der Waals surface area contributed by atoms with E-state index < -0.39 is 10.0 Å². The third-order valence-corrected chi connectivity index (χ3v) is 6.63. The molecule has 4 rings (SSSR count). The molecule has 1 fully saturated rings. The second kappa shape index (κ2) is 8.41. The molecule has 0 spiro atoms. The minimum Gasteiger partial charge on any atom is -0.337 e. The molecular formula is C22H24N4O3S. The lowest BCUT2D eigenvalue weighted by molar-refractivity contribution is 0.0766. The third-order valence-electron chi connectivity index (χ3n) is 5.23. The number of nitrogens with zero attached hydrogens (tertiary/aromatic N) is 2. The highest BCUT2D eigenvalue weighted by Gasteiger charge is 2.21. The van der Waals surface area contributed by atoms with E-state index in [1.807, 2.05) is 17.0 Å². The first-order valence-electron chi connectivity index (χ1n) is 9.93. The number of anilines is 1. The Balaban J connectivity index is 1.59. The Kier molecular flexibility index (Phi) is 5.69. The van der Waals surface area contributed by atoms with Crippen LogP contribution in [0.15, 0.2) is 59.6 Å². The third kappa shape index (κ3) is 4.15. The molecule has 0 unspecified atom stereocenters. The van der Waals surface area contributed by atoms with E-state index in [-0.39, 0.29) is 10.8 Å². The molecule has 1 aromatic heterocycles. The Morgan fingerprint density at radius 3 is 2.77 bits per heavy atom. The van der Waals surface area contributed by atoms with Crippen LogP contribution >= 0.6 is 0 Å². The van der Waals surface area contributed by atoms with E-state index in [0.29, 0.717) is 35.4 Å². The molecule has 0 aliphatic carbocycles. The Labute approximate surface area is 176 Å². The number of nitrogens with one attached hydrogen (secondary N) is 2. The van der Waals surface area contributed by atoms with Gasteiger partial charge in [-0.25, -0.2) is 8.42 Å². The quantitative estimate of drug-likeness (QED) is 0.672. The lowest BCUT2D eigenvalue weighted by Crippen LogP contribution is -2.34. The Bertz CT molecular complexity index is 1180. The zero-order valence-electron chi connectivity index (χ0n) is 16.8. The maximum Gasteiger partial charge on any atom is 0.264 e. The van der Waals surface area contributed by atoms with E-state index in [4.69, 9.17) is 0 Å². The first-order chi connectivity index (χ1) is 14.5. The molecule has 1 amide bonds. The van der Waals surface area contributed by atoms with Crippen LogP contribution in [0.25, 0.3) is 10.9 Å². The molecular weight excluding hydrogens is 400 g/mol. The van der Waals surface area contributed by atoms with E-state index in [2.05, 4.69) is 15.0 Å². The first-order valence-corrected chi connectivity index (χ1v) is 11.4. The van der Waals surface area contributed by atoms with Gasteiger partial charge in [-0.1, -0.05) is 18.2 Å². The molecule has 2 aromatic carbocycles. The zero-order chi connectivity index (χ0) is 21.1. The molecule has 1 aliphatic heterocycles. The number of fused-ring (bicyclic) bond motifs is 1. The Hall–Kier alpha value is -2.97. The number of benzene rings is 2. The van der Waals surface area contributed by atoms with Gasteiger partial charge >= 0.3 is 0 Å². The minimum atomic E-state index is -3.84. The SMILES string of the molecule is Cc1cc(C(=O)N2CCCNCC2)ccc1NS(=O)(=O)c1cccc2cccnc12. The monoisotopic (exact) mass is 424 g/mol. The number of carbonyl (C=O) groups excluding carboxylic acids is 1. The number of hydrogen-bond donors (Lipinski definition) is 2. The van der Waals surface area contributed by atoms with E-state index in [1.54, 1.807) is 43.5 Å². The van der Waals surface area contributed by atoms with Gasteiger partial charge in [-0.2, -0.15) is 0 Å². The number of aryl methyl sites for hydroxylation is 1. The summed E-state index contributed by atoms with van der Waals surface area (Å²) < 4.78 is 28.7. The minimum absolute atomic E-state index is 0.0329. The number of para-hydroxylation sites is 1. The zero-order valence-corrected chi connectivity index (χ0v) is 17.6. The Morgan fingerprint density at radius 1 is 1.10 bits per heavy atom. The van der Waals surface area contributed by atoms with Crippen LogP contribution in [0.5, 0.6) is 0 Å². The van der Waals surface area contributed by atoms with Gasteiger partial charge in [0.25, 0.3) is 15.9 Å². The summed E-state index contributed by atoms with van der Waals surface area (Å²) in [6, 6.07) is 13.7. The van der Waals surface area contributed by atoms with Crippen molar-refractivity contribution in [1.29, 1.82) is 0 Å². The lowest BCUT2D eigenvalue weighted by Gasteiger charge is -2.20. The molecule has 156 valence electrons. The fourth-order valence-electron chi connectivity index (χ4n) is 3.64. The molecule has 7 nitrogen and oxygen atoms in total. The topological polar surface area (TPSA) is 91.4 Å². The van der Waals surface area contributed by atoms with Gasteiger partial charge in [0, 0.05) is 36.8 Å². The van der Waals surface area contributed by atoms with Crippen LogP contribution in [0.2, 0.25) is 0 Å². The van der Waals surface area contributed by atoms with Crippen molar-refractivity contribution in [3.8, 4) is 0 Å². The molecule has 0 radical (unpaired) electrons. The van der Waals surface area contributed by atoms with Gasteiger partial charge in [-0.05, 0) is 55.8 Å². The van der Waals surface area contributed by atoms with E-state index in [9.17, 15) is 13.2 Å². The van der Waals surface area contributed by atoms with Crippen molar-refractivity contribution in [3.05, 3.63) is 65.9 Å². The summed E-state index contributed by atoms with van der Waals surface area (Å²) in [6.07, 6.45) is 2.49. The molecule has 3 aromatic rings. The van der Waals surface area contributed by atoms with Crippen molar-refractivity contribution in [2.24, 2.45) is 0 Å². The van der Waals surface area contributed by atoms with E-state index >= 15 is 0 Å². The highest BCUT2D eigenvalue weighted by atomic mass is 32.2. The average Bonchev–Trinajstić information content (AvgIpc) is 3.03. The van der Waals surface area contributed by atoms with Gasteiger partial charge in [0.05, 0.1) is 11.2 Å². The highest BCUT2D eigenvalue weighted by Crippen LogP contribution is 2.25. The maximum absolute atomic E-state index is 13.0. The molecule has 30 heavy (non-hydrogen) atoms. The molecule has 2 N–H and O–H groups in total. The molecule has 0 atom stereocenters. The van der Waals surface area contributed by atoms with E-state index in [1.165, 1.54) is 6.07 Å². The number of sulfonamides is 1. The van der Waals surface area contributed by atoms with Crippen LogP contribution in [0, 0.1) is 6.92 Å². The second-order valence-electron chi connectivity index (χ2n) is 7.36. The van der Waals surface area contributed by atoms with Crippen molar-refractivity contribution in [2.75, 3.05) is 30.9 Å². The van der Waals surface area contributed by atoms with Crippen LogP contribution in [0.3, 0.4) is 0 Å².